The van der Waals surface area contributed by atoms with Crippen LogP contribution in [0.25, 0.3) is 6.08 Å². The predicted molar refractivity (Wildman–Crippen MR) is 54.9 cm³/mol. The van der Waals surface area contributed by atoms with Crippen molar-refractivity contribution < 1.29 is 0 Å². The van der Waals surface area contributed by atoms with E-state index >= 15 is 0 Å². The molecule has 1 aliphatic heterocycles. The standard InChI is InChI=1S/C10H11NS/c1-2-4-9(5-3-1)8-10-11-6-7-12-10/h1-5,8,11H,6-7H2. The van der Waals surface area contributed by atoms with E-state index in [1.165, 1.54) is 16.3 Å². The Labute approximate surface area is 76.9 Å². The van der Waals surface area contributed by atoms with Crippen LogP contribution in [0.2, 0.25) is 0 Å². The molecule has 0 amide bonds. The summed E-state index contributed by atoms with van der Waals surface area (Å²) in [5.74, 6) is 1.19. The van der Waals surface area contributed by atoms with Crippen molar-refractivity contribution in [3.63, 3.8) is 0 Å². The van der Waals surface area contributed by atoms with Crippen molar-refractivity contribution in [3.8, 4) is 0 Å². The predicted octanol–water partition coefficient (Wildman–Crippen LogP) is 2.32. The highest BCUT2D eigenvalue weighted by molar-refractivity contribution is 8.03. The van der Waals surface area contributed by atoms with Gasteiger partial charge in [-0.2, -0.15) is 0 Å². The van der Waals surface area contributed by atoms with Gasteiger partial charge in [0.15, 0.2) is 0 Å². The minimum absolute atomic E-state index is 1.10. The van der Waals surface area contributed by atoms with Gasteiger partial charge in [0.25, 0.3) is 0 Å². The second kappa shape index (κ2) is 3.68. The van der Waals surface area contributed by atoms with Gasteiger partial charge in [-0.1, -0.05) is 30.3 Å². The normalized spacial score (nSPS) is 19.5. The maximum Gasteiger partial charge on any atom is 0.0688 e. The monoisotopic (exact) mass is 177 g/mol. The van der Waals surface area contributed by atoms with Crippen molar-refractivity contribution in [2.45, 2.75) is 0 Å². The van der Waals surface area contributed by atoms with Crippen LogP contribution in [0, 0.1) is 0 Å². The zero-order valence-corrected chi connectivity index (χ0v) is 7.60. The summed E-state index contributed by atoms with van der Waals surface area (Å²) in [6, 6.07) is 10.4. The molecule has 0 atom stereocenters. The highest BCUT2D eigenvalue weighted by atomic mass is 32.2. The molecule has 1 aromatic carbocycles. The van der Waals surface area contributed by atoms with Crippen molar-refractivity contribution in [1.82, 2.24) is 5.32 Å². The van der Waals surface area contributed by atoms with Gasteiger partial charge in [-0.25, -0.2) is 0 Å². The molecule has 0 radical (unpaired) electrons. The van der Waals surface area contributed by atoms with Gasteiger partial charge in [0.1, 0.15) is 0 Å². The van der Waals surface area contributed by atoms with Crippen molar-refractivity contribution in [2.24, 2.45) is 0 Å². The van der Waals surface area contributed by atoms with E-state index in [1.54, 1.807) is 0 Å². The van der Waals surface area contributed by atoms with Crippen LogP contribution >= 0.6 is 11.8 Å². The molecule has 0 bridgehead atoms. The van der Waals surface area contributed by atoms with Gasteiger partial charge < -0.3 is 5.32 Å². The minimum atomic E-state index is 1.10. The topological polar surface area (TPSA) is 12.0 Å². The van der Waals surface area contributed by atoms with E-state index in [4.69, 9.17) is 0 Å². The van der Waals surface area contributed by atoms with Gasteiger partial charge >= 0.3 is 0 Å². The number of rotatable bonds is 1. The summed E-state index contributed by atoms with van der Waals surface area (Å²) in [4.78, 5) is 0. The van der Waals surface area contributed by atoms with Crippen LogP contribution in [0.15, 0.2) is 35.4 Å². The average molecular weight is 177 g/mol. The lowest BCUT2D eigenvalue weighted by atomic mass is 10.2. The molecule has 12 heavy (non-hydrogen) atoms. The molecular formula is C10H11NS. The van der Waals surface area contributed by atoms with E-state index in [2.05, 4.69) is 35.7 Å². The summed E-state index contributed by atoms with van der Waals surface area (Å²) in [6.45, 7) is 1.10. The number of hydrogen-bond donors (Lipinski definition) is 1. The van der Waals surface area contributed by atoms with Crippen LogP contribution in [0.1, 0.15) is 5.56 Å². The van der Waals surface area contributed by atoms with Crippen LogP contribution in [-0.2, 0) is 0 Å². The average Bonchev–Trinajstić information content (AvgIpc) is 2.59. The number of nitrogens with one attached hydrogen (secondary N) is 1. The first kappa shape index (κ1) is 7.74. The molecule has 0 aromatic heterocycles. The highest BCUT2D eigenvalue weighted by Gasteiger charge is 2.04. The lowest BCUT2D eigenvalue weighted by molar-refractivity contribution is 0.952. The molecular weight excluding hydrogens is 166 g/mol. The van der Waals surface area contributed by atoms with Gasteiger partial charge in [-0.15, -0.1) is 11.8 Å². The van der Waals surface area contributed by atoms with Gasteiger partial charge in [0.05, 0.1) is 5.03 Å². The summed E-state index contributed by atoms with van der Waals surface area (Å²) in [6.07, 6.45) is 2.19. The molecule has 1 N–H and O–H groups in total. The number of hydrogen-bond acceptors (Lipinski definition) is 2. The zero-order chi connectivity index (χ0) is 8.23. The van der Waals surface area contributed by atoms with Crippen molar-refractivity contribution in [3.05, 3.63) is 40.9 Å². The first-order chi connectivity index (χ1) is 5.95. The Morgan fingerprint density at radius 1 is 1.25 bits per heavy atom. The highest BCUT2D eigenvalue weighted by Crippen LogP contribution is 2.20. The minimum Gasteiger partial charge on any atom is -0.379 e. The smallest absolute Gasteiger partial charge is 0.0688 e. The Morgan fingerprint density at radius 3 is 2.75 bits per heavy atom. The quantitative estimate of drug-likeness (QED) is 0.706. The Bertz CT molecular complexity index is 271. The molecule has 1 aromatic rings. The third-order valence-electron chi connectivity index (χ3n) is 1.76. The van der Waals surface area contributed by atoms with E-state index in [-0.39, 0.29) is 0 Å². The molecule has 1 heterocycles. The Balaban J connectivity index is 2.16. The SMILES string of the molecule is C(=C1NCCS1)c1ccccc1. The Hall–Kier alpha value is -0.890. The maximum absolute atomic E-state index is 3.33. The molecule has 1 fully saturated rings. The van der Waals surface area contributed by atoms with Crippen LogP contribution in [0.5, 0.6) is 0 Å². The van der Waals surface area contributed by atoms with Gasteiger partial charge in [-0.05, 0) is 11.6 Å². The fraction of sp³-hybridized carbons (Fsp3) is 0.200. The van der Waals surface area contributed by atoms with Crippen molar-refractivity contribution in [2.75, 3.05) is 12.3 Å². The first-order valence-corrected chi connectivity index (χ1v) is 5.07. The molecule has 2 heteroatoms. The summed E-state index contributed by atoms with van der Waals surface area (Å²) in [7, 11) is 0. The maximum atomic E-state index is 3.33. The number of benzene rings is 1. The van der Waals surface area contributed by atoms with Gasteiger partial charge in [0, 0.05) is 12.3 Å². The molecule has 1 aliphatic rings. The second-order valence-electron chi connectivity index (χ2n) is 2.69. The molecule has 0 saturated carbocycles. The van der Waals surface area contributed by atoms with Crippen molar-refractivity contribution in [1.29, 1.82) is 0 Å². The Morgan fingerprint density at radius 2 is 2.08 bits per heavy atom. The molecule has 62 valence electrons. The lowest BCUT2D eigenvalue weighted by Gasteiger charge is -1.96. The fourth-order valence-corrected chi connectivity index (χ4v) is 2.03. The molecule has 1 saturated heterocycles. The van der Waals surface area contributed by atoms with Gasteiger partial charge in [0.2, 0.25) is 0 Å². The van der Waals surface area contributed by atoms with E-state index < -0.39 is 0 Å². The van der Waals surface area contributed by atoms with Crippen LogP contribution in [0.3, 0.4) is 0 Å². The van der Waals surface area contributed by atoms with E-state index in [0.717, 1.165) is 6.54 Å². The first-order valence-electron chi connectivity index (χ1n) is 4.08. The van der Waals surface area contributed by atoms with Crippen LogP contribution in [0.4, 0.5) is 0 Å². The fourth-order valence-electron chi connectivity index (χ4n) is 1.18. The van der Waals surface area contributed by atoms with Gasteiger partial charge in [-0.3, -0.25) is 0 Å². The lowest BCUT2D eigenvalue weighted by Crippen LogP contribution is -2.03. The Kier molecular flexibility index (Phi) is 2.37. The summed E-state index contributed by atoms with van der Waals surface area (Å²) in [5.41, 5.74) is 1.27. The third-order valence-corrected chi connectivity index (χ3v) is 2.74. The van der Waals surface area contributed by atoms with Crippen LogP contribution in [-0.4, -0.2) is 12.3 Å². The van der Waals surface area contributed by atoms with E-state index in [0.29, 0.717) is 0 Å². The molecule has 1 nitrogen and oxygen atoms in total. The molecule has 0 aliphatic carbocycles. The molecule has 2 rings (SSSR count). The summed E-state index contributed by atoms with van der Waals surface area (Å²) < 4.78 is 0. The van der Waals surface area contributed by atoms with Crippen molar-refractivity contribution >= 4 is 17.8 Å². The largest absolute Gasteiger partial charge is 0.379 e. The van der Waals surface area contributed by atoms with E-state index in [9.17, 15) is 0 Å². The molecule has 0 spiro atoms. The zero-order valence-electron chi connectivity index (χ0n) is 6.79. The number of thioether (sulfide) groups is 1. The van der Waals surface area contributed by atoms with Crippen LogP contribution < -0.4 is 5.32 Å². The second-order valence-corrected chi connectivity index (χ2v) is 3.83. The third kappa shape index (κ3) is 1.83. The summed E-state index contributed by atoms with van der Waals surface area (Å²) >= 11 is 1.89. The van der Waals surface area contributed by atoms with E-state index in [1.807, 2.05) is 17.8 Å². The summed E-state index contributed by atoms with van der Waals surface area (Å²) in [5, 5.41) is 4.62. The molecule has 0 unspecified atom stereocenters.